The van der Waals surface area contributed by atoms with Crippen LogP contribution in [0.3, 0.4) is 0 Å². The van der Waals surface area contributed by atoms with E-state index in [2.05, 4.69) is 0 Å². The first-order chi connectivity index (χ1) is 6.24. The van der Waals surface area contributed by atoms with E-state index in [1.165, 1.54) is 0 Å². The minimum atomic E-state index is -1.05. The highest BCUT2D eigenvalue weighted by Crippen LogP contribution is 2.10. The molecule has 0 saturated heterocycles. The van der Waals surface area contributed by atoms with Gasteiger partial charge in [0, 0.05) is 6.54 Å². The molecule has 4 nitrogen and oxygen atoms in total. The SMILES string of the molecule is NC[C@H](Oc1ccccc1)C(=O)O. The van der Waals surface area contributed by atoms with Crippen molar-refractivity contribution in [2.24, 2.45) is 5.73 Å². The Morgan fingerprint density at radius 1 is 1.46 bits per heavy atom. The lowest BCUT2D eigenvalue weighted by Crippen LogP contribution is -2.34. The molecule has 0 bridgehead atoms. The Morgan fingerprint density at radius 2 is 2.08 bits per heavy atom. The second-order valence-corrected chi connectivity index (χ2v) is 2.49. The third-order valence-corrected chi connectivity index (χ3v) is 1.51. The predicted molar refractivity (Wildman–Crippen MR) is 47.5 cm³/mol. The molecule has 0 spiro atoms. The summed E-state index contributed by atoms with van der Waals surface area (Å²) >= 11 is 0. The first-order valence-electron chi connectivity index (χ1n) is 3.88. The molecule has 0 radical (unpaired) electrons. The molecule has 0 aliphatic heterocycles. The van der Waals surface area contributed by atoms with Gasteiger partial charge in [-0.3, -0.25) is 0 Å². The normalized spacial score (nSPS) is 12.1. The van der Waals surface area contributed by atoms with Gasteiger partial charge >= 0.3 is 5.97 Å². The van der Waals surface area contributed by atoms with Gasteiger partial charge in [-0.25, -0.2) is 4.79 Å². The molecule has 1 aromatic carbocycles. The van der Waals surface area contributed by atoms with Gasteiger partial charge < -0.3 is 15.6 Å². The molecule has 1 rings (SSSR count). The fraction of sp³-hybridized carbons (Fsp3) is 0.222. The minimum Gasteiger partial charge on any atom is -0.478 e. The van der Waals surface area contributed by atoms with Crippen molar-refractivity contribution < 1.29 is 14.6 Å². The van der Waals surface area contributed by atoms with Gasteiger partial charge in [-0.15, -0.1) is 0 Å². The van der Waals surface area contributed by atoms with Crippen molar-refractivity contribution in [2.45, 2.75) is 6.10 Å². The molecule has 3 N–H and O–H groups in total. The zero-order valence-corrected chi connectivity index (χ0v) is 7.01. The summed E-state index contributed by atoms with van der Waals surface area (Å²) in [6.45, 7) is -0.0375. The largest absolute Gasteiger partial charge is 0.478 e. The Hall–Kier alpha value is -1.55. The zero-order chi connectivity index (χ0) is 9.68. The predicted octanol–water partition coefficient (Wildman–Crippen LogP) is 0.477. The molecular weight excluding hydrogens is 170 g/mol. The zero-order valence-electron chi connectivity index (χ0n) is 7.01. The molecule has 0 aromatic heterocycles. The van der Waals surface area contributed by atoms with Crippen molar-refractivity contribution in [3.63, 3.8) is 0 Å². The number of rotatable bonds is 4. The Kier molecular flexibility index (Phi) is 3.28. The number of aliphatic carboxylic acids is 1. The topological polar surface area (TPSA) is 72.5 Å². The van der Waals surface area contributed by atoms with E-state index < -0.39 is 12.1 Å². The maximum absolute atomic E-state index is 10.5. The number of carbonyl (C=O) groups is 1. The average molecular weight is 181 g/mol. The smallest absolute Gasteiger partial charge is 0.346 e. The summed E-state index contributed by atoms with van der Waals surface area (Å²) in [6, 6.07) is 8.73. The van der Waals surface area contributed by atoms with Gasteiger partial charge in [0.2, 0.25) is 6.10 Å². The number of para-hydroxylation sites is 1. The van der Waals surface area contributed by atoms with Gasteiger partial charge in [0.05, 0.1) is 0 Å². The second kappa shape index (κ2) is 4.47. The standard InChI is InChI=1S/C9H11NO3/c10-6-8(9(11)12)13-7-4-2-1-3-5-7/h1-5,8H,6,10H2,(H,11,12)/t8-/m0/s1. The van der Waals surface area contributed by atoms with Gasteiger partial charge in [-0.2, -0.15) is 0 Å². The van der Waals surface area contributed by atoms with E-state index in [1.807, 2.05) is 6.07 Å². The van der Waals surface area contributed by atoms with Crippen LogP contribution in [0.1, 0.15) is 0 Å². The highest BCUT2D eigenvalue weighted by Gasteiger charge is 2.16. The van der Waals surface area contributed by atoms with E-state index in [0.717, 1.165) is 0 Å². The van der Waals surface area contributed by atoms with E-state index in [4.69, 9.17) is 15.6 Å². The molecule has 1 atom stereocenters. The fourth-order valence-electron chi connectivity index (χ4n) is 0.863. The highest BCUT2D eigenvalue weighted by molar-refractivity contribution is 5.73. The second-order valence-electron chi connectivity index (χ2n) is 2.49. The molecule has 0 unspecified atom stereocenters. The van der Waals surface area contributed by atoms with Crippen molar-refractivity contribution in [1.29, 1.82) is 0 Å². The minimum absolute atomic E-state index is 0.0375. The molecule has 4 heteroatoms. The molecule has 0 aliphatic rings. The van der Waals surface area contributed by atoms with Gasteiger partial charge in [0.25, 0.3) is 0 Å². The van der Waals surface area contributed by atoms with Crippen LogP contribution in [0.25, 0.3) is 0 Å². The van der Waals surface area contributed by atoms with Crippen LogP contribution in [0, 0.1) is 0 Å². The third kappa shape index (κ3) is 2.76. The molecule has 0 fully saturated rings. The van der Waals surface area contributed by atoms with Crippen LogP contribution in [0.15, 0.2) is 30.3 Å². The lowest BCUT2D eigenvalue weighted by Gasteiger charge is -2.12. The summed E-state index contributed by atoms with van der Waals surface area (Å²) in [6.07, 6.45) is -0.970. The Labute approximate surface area is 75.9 Å². The van der Waals surface area contributed by atoms with Crippen LogP contribution in [0.5, 0.6) is 5.75 Å². The molecule has 0 aliphatic carbocycles. The summed E-state index contributed by atoms with van der Waals surface area (Å²) in [5.74, 6) is -0.535. The Morgan fingerprint density at radius 3 is 2.54 bits per heavy atom. The van der Waals surface area contributed by atoms with Gasteiger partial charge in [0.1, 0.15) is 5.75 Å². The molecule has 70 valence electrons. The number of hydrogen-bond acceptors (Lipinski definition) is 3. The van der Waals surface area contributed by atoms with E-state index in [1.54, 1.807) is 24.3 Å². The van der Waals surface area contributed by atoms with Crippen molar-refractivity contribution in [2.75, 3.05) is 6.54 Å². The number of carboxylic acid groups (broad SMARTS) is 1. The van der Waals surface area contributed by atoms with E-state index in [9.17, 15) is 4.79 Å². The van der Waals surface area contributed by atoms with E-state index >= 15 is 0 Å². The first kappa shape index (κ1) is 9.54. The Bertz CT molecular complexity index is 273. The summed E-state index contributed by atoms with van der Waals surface area (Å²) in [4.78, 5) is 10.5. The molecular formula is C9H11NO3. The maximum atomic E-state index is 10.5. The molecule has 13 heavy (non-hydrogen) atoms. The van der Waals surface area contributed by atoms with E-state index in [-0.39, 0.29) is 6.54 Å². The van der Waals surface area contributed by atoms with Crippen molar-refractivity contribution in [3.8, 4) is 5.75 Å². The Balaban J connectivity index is 2.62. The number of benzene rings is 1. The summed E-state index contributed by atoms with van der Waals surface area (Å²) in [5, 5.41) is 8.63. The van der Waals surface area contributed by atoms with Gasteiger partial charge in [-0.05, 0) is 12.1 Å². The van der Waals surface area contributed by atoms with Crippen LogP contribution in [0.2, 0.25) is 0 Å². The average Bonchev–Trinajstić information content (AvgIpc) is 2.15. The fourth-order valence-corrected chi connectivity index (χ4v) is 0.863. The van der Waals surface area contributed by atoms with Gasteiger partial charge in [0.15, 0.2) is 0 Å². The lowest BCUT2D eigenvalue weighted by molar-refractivity contribution is -0.144. The van der Waals surface area contributed by atoms with Gasteiger partial charge in [-0.1, -0.05) is 18.2 Å². The van der Waals surface area contributed by atoms with Crippen LogP contribution >= 0.6 is 0 Å². The van der Waals surface area contributed by atoms with Crippen molar-refractivity contribution in [3.05, 3.63) is 30.3 Å². The number of carboxylic acids is 1. The highest BCUT2D eigenvalue weighted by atomic mass is 16.5. The van der Waals surface area contributed by atoms with Crippen molar-refractivity contribution >= 4 is 5.97 Å². The summed E-state index contributed by atoms with van der Waals surface area (Å²) in [5.41, 5.74) is 5.22. The molecule has 1 aromatic rings. The monoisotopic (exact) mass is 181 g/mol. The molecule has 0 amide bonds. The number of hydrogen-bond donors (Lipinski definition) is 2. The van der Waals surface area contributed by atoms with Crippen LogP contribution in [-0.2, 0) is 4.79 Å². The number of nitrogens with two attached hydrogens (primary N) is 1. The lowest BCUT2D eigenvalue weighted by atomic mass is 10.3. The molecule has 0 heterocycles. The number of ether oxygens (including phenoxy) is 1. The maximum Gasteiger partial charge on any atom is 0.346 e. The summed E-state index contributed by atoms with van der Waals surface area (Å²) in [7, 11) is 0. The van der Waals surface area contributed by atoms with Crippen LogP contribution in [-0.4, -0.2) is 23.7 Å². The van der Waals surface area contributed by atoms with Crippen LogP contribution < -0.4 is 10.5 Å². The van der Waals surface area contributed by atoms with Crippen LogP contribution in [0.4, 0.5) is 0 Å². The summed E-state index contributed by atoms with van der Waals surface area (Å²) < 4.78 is 5.10. The third-order valence-electron chi connectivity index (χ3n) is 1.51. The molecule has 0 saturated carbocycles. The quantitative estimate of drug-likeness (QED) is 0.708. The van der Waals surface area contributed by atoms with E-state index in [0.29, 0.717) is 5.75 Å². The first-order valence-corrected chi connectivity index (χ1v) is 3.88. The van der Waals surface area contributed by atoms with Crippen molar-refractivity contribution in [1.82, 2.24) is 0 Å².